The van der Waals surface area contributed by atoms with Gasteiger partial charge in [0.1, 0.15) is 11.6 Å². The summed E-state index contributed by atoms with van der Waals surface area (Å²) < 4.78 is 52.3. The lowest BCUT2D eigenvalue weighted by Crippen LogP contribution is -2.21. The molecule has 2 saturated carbocycles. The number of halogens is 4. The molecule has 2 aromatic rings. The van der Waals surface area contributed by atoms with Crippen LogP contribution in [0.3, 0.4) is 0 Å². The van der Waals surface area contributed by atoms with Crippen LogP contribution in [0.15, 0.2) is 30.5 Å². The predicted molar refractivity (Wildman–Crippen MR) is 105 cm³/mol. The molecule has 0 amide bonds. The molecule has 2 fully saturated rings. The molecule has 0 radical (unpaired) electrons. The Bertz CT molecular complexity index is 856. The highest BCUT2D eigenvalue weighted by atomic mass is 19.4. The van der Waals surface area contributed by atoms with E-state index in [-0.39, 0.29) is 5.69 Å². The van der Waals surface area contributed by atoms with E-state index >= 15 is 0 Å². The maximum atomic E-state index is 13.5. The van der Waals surface area contributed by atoms with Crippen LogP contribution in [0.4, 0.5) is 29.1 Å². The van der Waals surface area contributed by atoms with Gasteiger partial charge in [-0.25, -0.2) is 9.37 Å². The van der Waals surface area contributed by atoms with Crippen molar-refractivity contribution in [2.75, 3.05) is 11.9 Å². The first-order valence-corrected chi connectivity index (χ1v) is 10.2. The number of aromatic nitrogens is 1. The lowest BCUT2D eigenvalue weighted by molar-refractivity contribution is -0.139. The number of alkyl halides is 3. The molecule has 2 aliphatic carbocycles. The molecule has 156 valence electrons. The number of hydrogen-bond donors (Lipinski definition) is 2. The highest BCUT2D eigenvalue weighted by molar-refractivity contribution is 5.59. The van der Waals surface area contributed by atoms with Gasteiger partial charge in [-0.15, -0.1) is 0 Å². The van der Waals surface area contributed by atoms with Gasteiger partial charge in [0.25, 0.3) is 0 Å². The molecule has 0 aliphatic heterocycles. The molecule has 1 heterocycles. The summed E-state index contributed by atoms with van der Waals surface area (Å²) in [6.45, 7) is 1.77. The van der Waals surface area contributed by atoms with Gasteiger partial charge >= 0.3 is 6.18 Å². The third kappa shape index (κ3) is 5.07. The molecule has 3 nitrogen and oxygen atoms in total. The van der Waals surface area contributed by atoms with Crippen molar-refractivity contribution in [2.24, 2.45) is 5.92 Å². The summed E-state index contributed by atoms with van der Waals surface area (Å²) in [5.74, 6) is 0.444. The van der Waals surface area contributed by atoms with Crippen LogP contribution in [0.2, 0.25) is 0 Å². The molecule has 7 heteroatoms. The van der Waals surface area contributed by atoms with Gasteiger partial charge in [-0.2, -0.15) is 13.2 Å². The van der Waals surface area contributed by atoms with Crippen LogP contribution in [0.1, 0.15) is 61.1 Å². The quantitative estimate of drug-likeness (QED) is 0.541. The number of rotatable bonds is 7. The number of hydrogen-bond acceptors (Lipinski definition) is 3. The molecule has 4 rings (SSSR count). The fourth-order valence-electron chi connectivity index (χ4n) is 4.08. The summed E-state index contributed by atoms with van der Waals surface area (Å²) in [7, 11) is 0. The van der Waals surface area contributed by atoms with E-state index in [9.17, 15) is 17.6 Å². The lowest BCUT2D eigenvalue weighted by atomic mass is 10.0. The van der Waals surface area contributed by atoms with Crippen molar-refractivity contribution < 1.29 is 17.6 Å². The largest absolute Gasteiger partial charge is 0.419 e. The van der Waals surface area contributed by atoms with E-state index in [1.807, 2.05) is 6.07 Å². The number of nitrogens with one attached hydrogen (secondary N) is 2. The topological polar surface area (TPSA) is 37.0 Å². The van der Waals surface area contributed by atoms with Crippen LogP contribution < -0.4 is 10.6 Å². The smallest absolute Gasteiger partial charge is 0.340 e. The van der Waals surface area contributed by atoms with E-state index in [1.165, 1.54) is 37.3 Å². The molecular formula is C22H25F4N3. The molecule has 0 saturated heterocycles. The standard InChI is InChI=1S/C22H25F4N3/c23-20-8-7-17(9-19(20)22(24,25)26)29-21-10-18(15-5-6-15)16(13-28-21)12-27-11-14-3-1-2-4-14/h7-10,13-15,27H,1-6,11-12H2,(H,28,29). The van der Waals surface area contributed by atoms with Crippen molar-refractivity contribution in [2.45, 2.75) is 57.2 Å². The minimum absolute atomic E-state index is 0.167. The second-order valence-electron chi connectivity index (χ2n) is 8.14. The van der Waals surface area contributed by atoms with Crippen molar-refractivity contribution in [1.29, 1.82) is 0 Å². The van der Waals surface area contributed by atoms with Gasteiger partial charge in [-0.3, -0.25) is 0 Å². The highest BCUT2D eigenvalue weighted by Crippen LogP contribution is 2.42. The van der Waals surface area contributed by atoms with Crippen molar-refractivity contribution in [1.82, 2.24) is 10.3 Å². The Kier molecular flexibility index (Phi) is 5.76. The zero-order chi connectivity index (χ0) is 20.4. The van der Waals surface area contributed by atoms with Crippen LogP contribution in [0.25, 0.3) is 0 Å². The number of nitrogens with zero attached hydrogens (tertiary/aromatic N) is 1. The van der Waals surface area contributed by atoms with Crippen LogP contribution in [0, 0.1) is 11.7 Å². The van der Waals surface area contributed by atoms with Crippen molar-refractivity contribution in [3.63, 3.8) is 0 Å². The maximum absolute atomic E-state index is 13.5. The number of benzene rings is 1. The van der Waals surface area contributed by atoms with E-state index in [0.717, 1.165) is 49.5 Å². The monoisotopic (exact) mass is 407 g/mol. The molecular weight excluding hydrogens is 382 g/mol. The second kappa shape index (κ2) is 8.30. The first-order chi connectivity index (χ1) is 13.9. The van der Waals surface area contributed by atoms with E-state index < -0.39 is 17.6 Å². The van der Waals surface area contributed by atoms with Gasteiger partial charge in [-0.05, 0) is 79.5 Å². The molecule has 0 atom stereocenters. The van der Waals surface area contributed by atoms with Gasteiger partial charge in [0.15, 0.2) is 0 Å². The minimum Gasteiger partial charge on any atom is -0.340 e. The number of pyridine rings is 1. The summed E-state index contributed by atoms with van der Waals surface area (Å²) >= 11 is 0. The van der Waals surface area contributed by atoms with E-state index in [2.05, 4.69) is 15.6 Å². The van der Waals surface area contributed by atoms with E-state index in [4.69, 9.17) is 0 Å². The fourth-order valence-corrected chi connectivity index (χ4v) is 4.08. The molecule has 0 unspecified atom stereocenters. The van der Waals surface area contributed by atoms with E-state index in [0.29, 0.717) is 11.7 Å². The van der Waals surface area contributed by atoms with Gasteiger partial charge < -0.3 is 10.6 Å². The van der Waals surface area contributed by atoms with Crippen molar-refractivity contribution in [3.05, 3.63) is 53.0 Å². The summed E-state index contributed by atoms with van der Waals surface area (Å²) in [6, 6.07) is 4.82. The van der Waals surface area contributed by atoms with Crippen LogP contribution in [0.5, 0.6) is 0 Å². The molecule has 0 bridgehead atoms. The third-order valence-electron chi connectivity index (χ3n) is 5.81. The van der Waals surface area contributed by atoms with Crippen LogP contribution in [-0.2, 0) is 12.7 Å². The molecule has 2 N–H and O–H groups in total. The van der Waals surface area contributed by atoms with Crippen molar-refractivity contribution >= 4 is 11.5 Å². The Labute approximate surface area is 167 Å². The predicted octanol–water partition coefficient (Wildman–Crippen LogP) is 6.14. The average molecular weight is 407 g/mol. The molecule has 29 heavy (non-hydrogen) atoms. The molecule has 1 aromatic carbocycles. The maximum Gasteiger partial charge on any atom is 0.419 e. The van der Waals surface area contributed by atoms with Crippen molar-refractivity contribution in [3.8, 4) is 0 Å². The summed E-state index contributed by atoms with van der Waals surface area (Å²) in [4.78, 5) is 4.38. The van der Waals surface area contributed by atoms with Gasteiger partial charge in [0.05, 0.1) is 5.56 Å². The SMILES string of the molecule is Fc1ccc(Nc2cc(C3CC3)c(CNCC3CCCC3)cn2)cc1C(F)(F)F. The van der Waals surface area contributed by atoms with E-state index in [1.54, 1.807) is 6.20 Å². The first kappa shape index (κ1) is 20.1. The average Bonchev–Trinajstić information content (AvgIpc) is 3.39. The van der Waals surface area contributed by atoms with Gasteiger partial charge in [0, 0.05) is 18.4 Å². The third-order valence-corrected chi connectivity index (χ3v) is 5.81. The Morgan fingerprint density at radius 1 is 1.03 bits per heavy atom. The summed E-state index contributed by atoms with van der Waals surface area (Å²) in [5.41, 5.74) is 1.23. The Balaban J connectivity index is 1.46. The zero-order valence-electron chi connectivity index (χ0n) is 16.2. The minimum atomic E-state index is -4.73. The molecule has 0 spiro atoms. The molecule has 1 aromatic heterocycles. The highest BCUT2D eigenvalue weighted by Gasteiger charge is 2.34. The van der Waals surface area contributed by atoms with Crippen LogP contribution >= 0.6 is 0 Å². The molecule has 2 aliphatic rings. The van der Waals surface area contributed by atoms with Gasteiger partial charge in [-0.1, -0.05) is 12.8 Å². The normalized spacial score (nSPS) is 17.7. The van der Waals surface area contributed by atoms with Crippen LogP contribution in [-0.4, -0.2) is 11.5 Å². The summed E-state index contributed by atoms with van der Waals surface area (Å²) in [6.07, 6.45) is 4.53. The Hall–Kier alpha value is -2.15. The second-order valence-corrected chi connectivity index (χ2v) is 8.14. The zero-order valence-corrected chi connectivity index (χ0v) is 16.2. The first-order valence-electron chi connectivity index (χ1n) is 10.2. The lowest BCUT2D eigenvalue weighted by Gasteiger charge is -2.15. The Morgan fingerprint density at radius 3 is 2.48 bits per heavy atom. The fraction of sp³-hybridized carbons (Fsp3) is 0.500. The van der Waals surface area contributed by atoms with Gasteiger partial charge in [0.2, 0.25) is 0 Å². The Morgan fingerprint density at radius 2 is 1.79 bits per heavy atom. The number of anilines is 2. The summed E-state index contributed by atoms with van der Waals surface area (Å²) in [5, 5.41) is 6.44.